The highest BCUT2D eigenvalue weighted by atomic mass is 16.5. The van der Waals surface area contributed by atoms with E-state index in [2.05, 4.69) is 55.5 Å². The number of anilines is 1. The third kappa shape index (κ3) is 3.47. The first-order valence-electron chi connectivity index (χ1n) is 6.68. The number of rotatable bonds is 4. The average molecular weight is 248 g/mol. The molecule has 3 heteroatoms. The van der Waals surface area contributed by atoms with Crippen molar-refractivity contribution in [2.24, 2.45) is 0 Å². The van der Waals surface area contributed by atoms with Gasteiger partial charge >= 0.3 is 0 Å². The van der Waals surface area contributed by atoms with Crippen molar-refractivity contribution in [3.8, 4) is 0 Å². The number of benzene rings is 1. The van der Waals surface area contributed by atoms with Crippen LogP contribution in [0.5, 0.6) is 0 Å². The largest absolute Gasteiger partial charge is 0.378 e. The van der Waals surface area contributed by atoms with E-state index in [4.69, 9.17) is 4.74 Å². The van der Waals surface area contributed by atoms with E-state index in [0.29, 0.717) is 0 Å². The van der Waals surface area contributed by atoms with Crippen molar-refractivity contribution in [2.45, 2.75) is 25.3 Å². The minimum Gasteiger partial charge on any atom is -0.378 e. The Kier molecular flexibility index (Phi) is 4.25. The lowest BCUT2D eigenvalue weighted by Crippen LogP contribution is -2.52. The van der Waals surface area contributed by atoms with Gasteiger partial charge in [-0.2, -0.15) is 0 Å². The number of hydrogen-bond donors (Lipinski definition) is 1. The highest BCUT2D eigenvalue weighted by Gasteiger charge is 2.26. The second-order valence-corrected chi connectivity index (χ2v) is 5.60. The maximum Gasteiger partial charge on any atom is 0.0646 e. The fourth-order valence-electron chi connectivity index (χ4n) is 2.31. The van der Waals surface area contributed by atoms with Crippen LogP contribution in [0.3, 0.4) is 0 Å². The van der Waals surface area contributed by atoms with Gasteiger partial charge in [0, 0.05) is 31.9 Å². The van der Waals surface area contributed by atoms with Gasteiger partial charge in [0.05, 0.1) is 13.2 Å². The van der Waals surface area contributed by atoms with Gasteiger partial charge in [-0.25, -0.2) is 0 Å². The van der Waals surface area contributed by atoms with Crippen LogP contribution in [0.15, 0.2) is 24.3 Å². The molecule has 1 aliphatic heterocycles. The van der Waals surface area contributed by atoms with Crippen molar-refractivity contribution in [3.05, 3.63) is 29.8 Å². The summed E-state index contributed by atoms with van der Waals surface area (Å²) in [6.07, 6.45) is 2.22. The van der Waals surface area contributed by atoms with Crippen molar-refractivity contribution in [3.63, 3.8) is 0 Å². The van der Waals surface area contributed by atoms with Gasteiger partial charge in [-0.1, -0.05) is 12.1 Å². The van der Waals surface area contributed by atoms with Gasteiger partial charge in [0.2, 0.25) is 0 Å². The molecule has 0 bridgehead atoms. The minimum atomic E-state index is 0.137. The molecule has 0 saturated carbocycles. The normalized spacial score (nSPS) is 23.9. The lowest BCUT2D eigenvalue weighted by molar-refractivity contribution is 0.0318. The third-order valence-corrected chi connectivity index (χ3v) is 3.64. The predicted octanol–water partition coefficient (Wildman–Crippen LogP) is 2.06. The first-order chi connectivity index (χ1) is 8.59. The quantitative estimate of drug-likeness (QED) is 0.883. The Morgan fingerprint density at radius 1 is 1.28 bits per heavy atom. The Morgan fingerprint density at radius 2 is 2.00 bits per heavy atom. The molecule has 1 atom stereocenters. The highest BCUT2D eigenvalue weighted by molar-refractivity contribution is 5.46. The van der Waals surface area contributed by atoms with E-state index < -0.39 is 0 Å². The van der Waals surface area contributed by atoms with Gasteiger partial charge in [0.25, 0.3) is 0 Å². The molecule has 18 heavy (non-hydrogen) atoms. The summed E-state index contributed by atoms with van der Waals surface area (Å²) in [5.41, 5.74) is 2.79. The summed E-state index contributed by atoms with van der Waals surface area (Å²) in [6.45, 7) is 4.88. The Morgan fingerprint density at radius 3 is 2.56 bits per heavy atom. The first kappa shape index (κ1) is 13.4. The zero-order valence-electron chi connectivity index (χ0n) is 11.7. The first-order valence-corrected chi connectivity index (χ1v) is 6.68. The minimum absolute atomic E-state index is 0.137. The molecule has 1 saturated heterocycles. The van der Waals surface area contributed by atoms with Crippen molar-refractivity contribution in [1.29, 1.82) is 0 Å². The molecule has 1 fully saturated rings. The number of nitrogens with one attached hydrogen (secondary N) is 1. The predicted molar refractivity (Wildman–Crippen MR) is 76.3 cm³/mol. The molecule has 3 nitrogen and oxygen atoms in total. The fourth-order valence-corrected chi connectivity index (χ4v) is 2.31. The lowest BCUT2D eigenvalue weighted by Gasteiger charge is -2.35. The number of morpholine rings is 1. The molecule has 1 unspecified atom stereocenters. The third-order valence-electron chi connectivity index (χ3n) is 3.64. The molecular formula is C15H24N2O. The van der Waals surface area contributed by atoms with E-state index in [1.807, 2.05) is 0 Å². The summed E-state index contributed by atoms with van der Waals surface area (Å²) in [5.74, 6) is 0. The number of hydrogen-bond acceptors (Lipinski definition) is 3. The van der Waals surface area contributed by atoms with Gasteiger partial charge in [0.15, 0.2) is 0 Å². The summed E-state index contributed by atoms with van der Waals surface area (Å²) >= 11 is 0. The van der Waals surface area contributed by atoms with Crippen LogP contribution in [0, 0.1) is 0 Å². The summed E-state index contributed by atoms with van der Waals surface area (Å²) in [7, 11) is 4.14. The van der Waals surface area contributed by atoms with Crippen LogP contribution in [-0.2, 0) is 11.2 Å². The molecule has 1 aromatic carbocycles. The van der Waals surface area contributed by atoms with Gasteiger partial charge < -0.3 is 15.0 Å². The van der Waals surface area contributed by atoms with Crippen LogP contribution >= 0.6 is 0 Å². The van der Waals surface area contributed by atoms with Crippen LogP contribution in [0.1, 0.15) is 18.9 Å². The molecule has 0 aliphatic carbocycles. The molecule has 1 heterocycles. The van der Waals surface area contributed by atoms with Gasteiger partial charge in [-0.15, -0.1) is 0 Å². The van der Waals surface area contributed by atoms with Crippen LogP contribution in [0.4, 0.5) is 5.69 Å². The Labute approximate surface area is 110 Å². The zero-order chi connectivity index (χ0) is 13.0. The molecule has 100 valence electrons. The van der Waals surface area contributed by atoms with Gasteiger partial charge in [0.1, 0.15) is 0 Å². The maximum atomic E-state index is 5.55. The Hall–Kier alpha value is -1.06. The highest BCUT2D eigenvalue weighted by Crippen LogP contribution is 2.19. The van der Waals surface area contributed by atoms with E-state index in [-0.39, 0.29) is 5.54 Å². The molecule has 1 aliphatic rings. The molecule has 0 spiro atoms. The number of aryl methyl sites for hydroxylation is 1. The van der Waals surface area contributed by atoms with E-state index in [0.717, 1.165) is 32.6 Å². The topological polar surface area (TPSA) is 24.5 Å². The second kappa shape index (κ2) is 5.72. The van der Waals surface area contributed by atoms with E-state index >= 15 is 0 Å². The molecule has 1 N–H and O–H groups in total. The smallest absolute Gasteiger partial charge is 0.0646 e. The van der Waals surface area contributed by atoms with Crippen LogP contribution < -0.4 is 10.2 Å². The lowest BCUT2D eigenvalue weighted by atomic mass is 9.93. The SMILES string of the molecule is CN(C)c1ccc(CCC2(C)COCCN2)cc1. The van der Waals surface area contributed by atoms with Crippen LogP contribution in [-0.4, -0.2) is 39.4 Å². The summed E-state index contributed by atoms with van der Waals surface area (Å²) in [4.78, 5) is 2.13. The second-order valence-electron chi connectivity index (χ2n) is 5.60. The molecule has 0 radical (unpaired) electrons. The van der Waals surface area contributed by atoms with Crippen LogP contribution in [0.2, 0.25) is 0 Å². The Balaban J connectivity index is 1.89. The zero-order valence-corrected chi connectivity index (χ0v) is 11.7. The maximum absolute atomic E-state index is 5.55. The standard InChI is InChI=1S/C15H24N2O/c1-15(12-18-11-10-16-15)9-8-13-4-6-14(7-5-13)17(2)3/h4-7,16H,8-12H2,1-3H3. The molecular weight excluding hydrogens is 224 g/mol. The monoisotopic (exact) mass is 248 g/mol. The number of nitrogens with zero attached hydrogens (tertiary/aromatic N) is 1. The van der Waals surface area contributed by atoms with Crippen LogP contribution in [0.25, 0.3) is 0 Å². The van der Waals surface area contributed by atoms with Crippen molar-refractivity contribution < 1.29 is 4.74 Å². The number of ether oxygens (including phenoxy) is 1. The fraction of sp³-hybridized carbons (Fsp3) is 0.600. The van der Waals surface area contributed by atoms with E-state index in [1.54, 1.807) is 0 Å². The molecule has 0 aromatic heterocycles. The summed E-state index contributed by atoms with van der Waals surface area (Å²) in [5, 5.41) is 3.56. The van der Waals surface area contributed by atoms with Crippen molar-refractivity contribution in [2.75, 3.05) is 38.8 Å². The van der Waals surface area contributed by atoms with Crippen molar-refractivity contribution in [1.82, 2.24) is 5.32 Å². The summed E-state index contributed by atoms with van der Waals surface area (Å²) in [6, 6.07) is 8.82. The average Bonchev–Trinajstić information content (AvgIpc) is 2.38. The molecule has 1 aromatic rings. The summed E-state index contributed by atoms with van der Waals surface area (Å²) < 4.78 is 5.55. The van der Waals surface area contributed by atoms with Crippen molar-refractivity contribution >= 4 is 5.69 Å². The molecule has 0 amide bonds. The Bertz CT molecular complexity index is 367. The van der Waals surface area contributed by atoms with E-state index in [9.17, 15) is 0 Å². The van der Waals surface area contributed by atoms with Gasteiger partial charge in [-0.05, 0) is 37.5 Å². The van der Waals surface area contributed by atoms with E-state index in [1.165, 1.54) is 11.3 Å². The van der Waals surface area contributed by atoms with Gasteiger partial charge in [-0.3, -0.25) is 0 Å². The molecule has 2 rings (SSSR count).